The van der Waals surface area contributed by atoms with E-state index < -0.39 is 10.7 Å². The first-order chi connectivity index (χ1) is 11.6. The van der Waals surface area contributed by atoms with Gasteiger partial charge in [0.1, 0.15) is 0 Å². The van der Waals surface area contributed by atoms with Crippen LogP contribution in [0.2, 0.25) is 0 Å². The summed E-state index contributed by atoms with van der Waals surface area (Å²) >= 11 is 0. The molecule has 0 bridgehead atoms. The van der Waals surface area contributed by atoms with Crippen LogP contribution in [-0.4, -0.2) is 15.9 Å². The zero-order chi connectivity index (χ0) is 17.5. The van der Waals surface area contributed by atoms with Crippen molar-refractivity contribution >= 4 is 11.5 Å². The van der Waals surface area contributed by atoms with Gasteiger partial charge in [0.15, 0.2) is 0 Å². The minimum atomic E-state index is -0.566. The Labute approximate surface area is 141 Å². The molecular weight excluding hydrogens is 308 g/mol. The minimum Gasteiger partial charge on any atom is -0.353 e. The van der Waals surface area contributed by atoms with E-state index in [1.807, 2.05) is 6.07 Å². The van der Waals surface area contributed by atoms with Crippen LogP contribution in [0, 0.1) is 17.0 Å². The molecule has 24 heavy (non-hydrogen) atoms. The topological polar surface area (TPSA) is 86.2 Å². The van der Waals surface area contributed by atoms with Gasteiger partial charge in [-0.3, -0.25) is 14.9 Å². The maximum Gasteiger partial charge on any atom is 0.342 e. The molecule has 0 radical (unpaired) electrons. The highest BCUT2D eigenvalue weighted by atomic mass is 16.6. The molecule has 0 saturated heterocycles. The summed E-state index contributed by atoms with van der Waals surface area (Å²) in [6.45, 7) is 3.92. The van der Waals surface area contributed by atoms with Crippen molar-refractivity contribution in [3.63, 3.8) is 0 Å². The Morgan fingerprint density at radius 2 is 1.92 bits per heavy atom. The van der Waals surface area contributed by atoms with Gasteiger partial charge in [-0.2, -0.15) is 0 Å². The number of benzene rings is 1. The van der Waals surface area contributed by atoms with Crippen molar-refractivity contribution in [2.45, 2.75) is 52.4 Å². The van der Waals surface area contributed by atoms with Crippen molar-refractivity contribution in [1.82, 2.24) is 5.16 Å². The molecule has 0 spiro atoms. The normalized spacial score (nSPS) is 10.8. The molecule has 0 saturated carbocycles. The van der Waals surface area contributed by atoms with Gasteiger partial charge < -0.3 is 4.52 Å². The summed E-state index contributed by atoms with van der Waals surface area (Å²) < 4.78 is 5.13. The molecule has 0 amide bonds. The maximum absolute atomic E-state index is 12.6. The standard InChI is InChI=1S/C18H22N2O4/c1-3-4-5-6-7-12-15-17(20(22)23)16(19-24-15)18(21)14-11-9-8-10-13(14)2/h8-11H,3-7,12H2,1-2H3. The van der Waals surface area contributed by atoms with Crippen LogP contribution in [0.3, 0.4) is 0 Å². The lowest BCUT2D eigenvalue weighted by Crippen LogP contribution is -2.07. The molecule has 0 unspecified atom stereocenters. The Bertz CT molecular complexity index is 722. The van der Waals surface area contributed by atoms with Gasteiger partial charge in [-0.25, -0.2) is 0 Å². The van der Waals surface area contributed by atoms with E-state index in [2.05, 4.69) is 12.1 Å². The summed E-state index contributed by atoms with van der Waals surface area (Å²) in [6.07, 6.45) is 5.56. The van der Waals surface area contributed by atoms with Gasteiger partial charge >= 0.3 is 5.69 Å². The highest BCUT2D eigenvalue weighted by molar-refractivity contribution is 6.11. The van der Waals surface area contributed by atoms with Crippen molar-refractivity contribution in [3.05, 3.63) is 57.0 Å². The number of hydrogen-bond donors (Lipinski definition) is 0. The number of ketones is 1. The van der Waals surface area contributed by atoms with Crippen LogP contribution >= 0.6 is 0 Å². The second kappa shape index (κ2) is 8.38. The molecule has 2 rings (SSSR count). The quantitative estimate of drug-likeness (QED) is 0.289. The Morgan fingerprint density at radius 1 is 1.21 bits per heavy atom. The molecule has 2 aromatic rings. The number of aromatic nitrogens is 1. The van der Waals surface area contributed by atoms with Gasteiger partial charge in [0.05, 0.1) is 4.92 Å². The summed E-state index contributed by atoms with van der Waals surface area (Å²) in [7, 11) is 0. The van der Waals surface area contributed by atoms with E-state index in [1.165, 1.54) is 0 Å². The van der Waals surface area contributed by atoms with E-state index in [0.29, 0.717) is 12.0 Å². The van der Waals surface area contributed by atoms with Gasteiger partial charge in [-0.05, 0) is 18.9 Å². The number of rotatable bonds is 9. The summed E-state index contributed by atoms with van der Waals surface area (Å²) in [4.78, 5) is 23.4. The molecular formula is C18H22N2O4. The smallest absolute Gasteiger partial charge is 0.342 e. The summed E-state index contributed by atoms with van der Waals surface area (Å²) in [5.74, 6) is -0.283. The highest BCUT2D eigenvalue weighted by Crippen LogP contribution is 2.28. The van der Waals surface area contributed by atoms with Crippen LogP contribution in [-0.2, 0) is 6.42 Å². The number of nitro groups is 1. The second-order valence-electron chi connectivity index (χ2n) is 5.87. The van der Waals surface area contributed by atoms with Crippen LogP contribution < -0.4 is 0 Å². The number of carbonyl (C=O) groups is 1. The van der Waals surface area contributed by atoms with Crippen molar-refractivity contribution in [2.75, 3.05) is 0 Å². The Balaban J connectivity index is 2.20. The fourth-order valence-electron chi connectivity index (χ4n) is 2.66. The molecule has 0 aliphatic rings. The number of unbranched alkanes of at least 4 members (excludes halogenated alkanes) is 4. The highest BCUT2D eigenvalue weighted by Gasteiger charge is 2.32. The largest absolute Gasteiger partial charge is 0.353 e. The fourth-order valence-corrected chi connectivity index (χ4v) is 2.66. The van der Waals surface area contributed by atoms with E-state index in [9.17, 15) is 14.9 Å². The third-order valence-electron chi connectivity index (χ3n) is 4.03. The minimum absolute atomic E-state index is 0.188. The molecule has 6 heteroatoms. The van der Waals surface area contributed by atoms with E-state index in [-0.39, 0.29) is 17.1 Å². The first kappa shape index (κ1) is 17.8. The van der Waals surface area contributed by atoms with Crippen LogP contribution in [0.25, 0.3) is 0 Å². The lowest BCUT2D eigenvalue weighted by Gasteiger charge is -2.01. The first-order valence-corrected chi connectivity index (χ1v) is 8.29. The SMILES string of the molecule is CCCCCCCc1onc(C(=O)c2ccccc2C)c1[N+](=O)[O-]. The summed E-state index contributed by atoms with van der Waals surface area (Å²) in [5.41, 5.74) is 0.654. The predicted molar refractivity (Wildman–Crippen MR) is 90.2 cm³/mol. The first-order valence-electron chi connectivity index (χ1n) is 8.29. The molecule has 6 nitrogen and oxygen atoms in total. The summed E-state index contributed by atoms with van der Waals surface area (Å²) in [6, 6.07) is 6.96. The zero-order valence-electron chi connectivity index (χ0n) is 14.1. The predicted octanol–water partition coefficient (Wildman–Crippen LogP) is 4.64. The number of hydrogen-bond acceptors (Lipinski definition) is 5. The third-order valence-corrected chi connectivity index (χ3v) is 4.03. The molecule has 0 aliphatic heterocycles. The van der Waals surface area contributed by atoms with Crippen LogP contribution in [0.5, 0.6) is 0 Å². The average molecular weight is 330 g/mol. The monoisotopic (exact) mass is 330 g/mol. The second-order valence-corrected chi connectivity index (χ2v) is 5.87. The Kier molecular flexibility index (Phi) is 6.23. The fraction of sp³-hybridized carbons (Fsp3) is 0.444. The number of carbonyl (C=O) groups excluding carboxylic acids is 1. The number of aryl methyl sites for hydroxylation is 2. The van der Waals surface area contributed by atoms with E-state index >= 15 is 0 Å². The van der Waals surface area contributed by atoms with Gasteiger partial charge in [-0.15, -0.1) is 0 Å². The third kappa shape index (κ3) is 4.07. The Hall–Kier alpha value is -2.50. The Morgan fingerprint density at radius 3 is 2.58 bits per heavy atom. The van der Waals surface area contributed by atoms with Crippen LogP contribution in [0.4, 0.5) is 5.69 Å². The zero-order valence-corrected chi connectivity index (χ0v) is 14.1. The van der Waals surface area contributed by atoms with Gasteiger partial charge in [-0.1, -0.05) is 62.0 Å². The molecule has 128 valence electrons. The van der Waals surface area contributed by atoms with E-state index in [4.69, 9.17) is 4.52 Å². The van der Waals surface area contributed by atoms with Crippen molar-refractivity contribution < 1.29 is 14.2 Å². The van der Waals surface area contributed by atoms with Gasteiger partial charge in [0.25, 0.3) is 0 Å². The molecule has 0 N–H and O–H groups in total. The molecule has 0 atom stereocenters. The van der Waals surface area contributed by atoms with Crippen LogP contribution in [0.1, 0.15) is 66.4 Å². The lowest BCUT2D eigenvalue weighted by atomic mass is 10.0. The maximum atomic E-state index is 12.6. The summed E-state index contributed by atoms with van der Waals surface area (Å²) in [5, 5.41) is 15.1. The molecule has 0 aliphatic carbocycles. The van der Waals surface area contributed by atoms with Gasteiger partial charge in [0, 0.05) is 12.0 Å². The average Bonchev–Trinajstić information content (AvgIpc) is 2.98. The van der Waals surface area contributed by atoms with E-state index in [0.717, 1.165) is 37.7 Å². The molecule has 0 fully saturated rings. The van der Waals surface area contributed by atoms with Crippen molar-refractivity contribution in [2.24, 2.45) is 0 Å². The van der Waals surface area contributed by atoms with E-state index in [1.54, 1.807) is 25.1 Å². The lowest BCUT2D eigenvalue weighted by molar-refractivity contribution is -0.386. The van der Waals surface area contributed by atoms with Crippen molar-refractivity contribution in [1.29, 1.82) is 0 Å². The van der Waals surface area contributed by atoms with Gasteiger partial charge in [0.2, 0.25) is 17.2 Å². The molecule has 1 heterocycles. The number of nitrogens with zero attached hydrogens (tertiary/aromatic N) is 2. The van der Waals surface area contributed by atoms with Crippen LogP contribution in [0.15, 0.2) is 28.8 Å². The van der Waals surface area contributed by atoms with Crippen molar-refractivity contribution in [3.8, 4) is 0 Å². The molecule has 1 aromatic heterocycles. The molecule has 1 aromatic carbocycles.